The maximum atomic E-state index is 12.4. The summed E-state index contributed by atoms with van der Waals surface area (Å²) in [6.07, 6.45) is 5.62. The highest BCUT2D eigenvalue weighted by Gasteiger charge is 2.37. The predicted octanol–water partition coefficient (Wildman–Crippen LogP) is 1.34. The Kier molecular flexibility index (Phi) is 5.04. The number of hydrogen-bond donors (Lipinski definition) is 2. The summed E-state index contributed by atoms with van der Waals surface area (Å²) < 4.78 is 28.6. The van der Waals surface area contributed by atoms with Crippen molar-refractivity contribution in [2.45, 2.75) is 64.0 Å². The molecule has 1 saturated heterocycles. The van der Waals surface area contributed by atoms with E-state index in [-0.39, 0.29) is 6.04 Å². The van der Waals surface area contributed by atoms with E-state index in [1.807, 2.05) is 0 Å². The first kappa shape index (κ1) is 15.7. The Bertz CT molecular complexity index is 443. The van der Waals surface area contributed by atoms with Gasteiger partial charge < -0.3 is 5.11 Å². The molecule has 2 fully saturated rings. The second-order valence-electron chi connectivity index (χ2n) is 6.04. The van der Waals surface area contributed by atoms with Crippen molar-refractivity contribution in [2.75, 3.05) is 6.54 Å². The maximum absolute atomic E-state index is 12.4. The molecule has 7 heteroatoms. The lowest BCUT2D eigenvalue weighted by Gasteiger charge is -2.34. The first-order valence-electron chi connectivity index (χ1n) is 7.42. The van der Waals surface area contributed by atoms with Gasteiger partial charge in [-0.25, -0.2) is 0 Å². The van der Waals surface area contributed by atoms with Crippen LogP contribution in [-0.4, -0.2) is 42.4 Å². The molecule has 1 aliphatic carbocycles. The van der Waals surface area contributed by atoms with Crippen molar-refractivity contribution in [3.8, 4) is 0 Å². The van der Waals surface area contributed by atoms with Crippen molar-refractivity contribution in [3.63, 3.8) is 0 Å². The van der Waals surface area contributed by atoms with E-state index in [1.54, 1.807) is 0 Å². The summed E-state index contributed by atoms with van der Waals surface area (Å²) in [5.41, 5.74) is 0. The number of carboxylic acids is 1. The van der Waals surface area contributed by atoms with E-state index in [4.69, 9.17) is 0 Å². The number of piperidine rings is 1. The second kappa shape index (κ2) is 6.41. The fourth-order valence-corrected chi connectivity index (χ4v) is 4.79. The normalized spacial score (nSPS) is 33.0. The minimum absolute atomic E-state index is 0.0485. The molecule has 0 bridgehead atoms. The Morgan fingerprint density at radius 3 is 2.40 bits per heavy atom. The number of carbonyl (C=O) groups is 1. The highest BCUT2D eigenvalue weighted by Crippen LogP contribution is 2.25. The zero-order valence-electron chi connectivity index (χ0n) is 11.9. The van der Waals surface area contributed by atoms with Gasteiger partial charge in [-0.3, -0.25) is 4.79 Å². The summed E-state index contributed by atoms with van der Waals surface area (Å²) >= 11 is 0. The van der Waals surface area contributed by atoms with Crippen LogP contribution in [-0.2, 0) is 15.0 Å². The van der Waals surface area contributed by atoms with Crippen LogP contribution in [0.2, 0.25) is 0 Å². The second-order valence-corrected chi connectivity index (χ2v) is 7.70. The van der Waals surface area contributed by atoms with E-state index in [2.05, 4.69) is 11.6 Å². The highest BCUT2D eigenvalue weighted by molar-refractivity contribution is 7.87. The zero-order chi connectivity index (χ0) is 14.8. The molecular formula is C13H24N2O4S. The van der Waals surface area contributed by atoms with E-state index in [0.29, 0.717) is 18.9 Å². The summed E-state index contributed by atoms with van der Waals surface area (Å²) in [5, 5.41) is 9.18. The summed E-state index contributed by atoms with van der Waals surface area (Å²) in [7, 11) is -3.69. The largest absolute Gasteiger partial charge is 0.480 e. The third-order valence-corrected chi connectivity index (χ3v) is 6.06. The summed E-state index contributed by atoms with van der Waals surface area (Å²) in [4.78, 5) is 11.2. The molecule has 1 saturated carbocycles. The van der Waals surface area contributed by atoms with Crippen LogP contribution < -0.4 is 4.72 Å². The van der Waals surface area contributed by atoms with E-state index < -0.39 is 22.2 Å². The van der Waals surface area contributed by atoms with Crippen LogP contribution in [0.15, 0.2) is 0 Å². The van der Waals surface area contributed by atoms with Crippen LogP contribution in [0, 0.1) is 5.92 Å². The molecule has 0 amide bonds. The van der Waals surface area contributed by atoms with Crippen molar-refractivity contribution in [2.24, 2.45) is 5.92 Å². The standard InChI is InChI=1S/C13H24N2O4S/c1-10-5-7-11(8-6-10)14-20(18,19)15-9-3-2-4-12(15)13(16)17/h10-12,14H,2-9H2,1H3,(H,16,17). The third-order valence-electron chi connectivity index (χ3n) is 4.38. The molecule has 0 radical (unpaired) electrons. The lowest BCUT2D eigenvalue weighted by atomic mass is 9.88. The molecular weight excluding hydrogens is 280 g/mol. The topological polar surface area (TPSA) is 86.7 Å². The molecule has 1 heterocycles. The van der Waals surface area contributed by atoms with Gasteiger partial charge in [0.05, 0.1) is 0 Å². The van der Waals surface area contributed by atoms with Gasteiger partial charge in [0.25, 0.3) is 10.2 Å². The molecule has 0 spiro atoms. The Balaban J connectivity index is 2.02. The van der Waals surface area contributed by atoms with E-state index in [1.165, 1.54) is 0 Å². The molecule has 116 valence electrons. The monoisotopic (exact) mass is 304 g/mol. The summed E-state index contributed by atoms with van der Waals surface area (Å²) in [6.45, 7) is 2.48. The number of rotatable bonds is 4. The maximum Gasteiger partial charge on any atom is 0.322 e. The molecule has 2 rings (SSSR count). The molecule has 2 N–H and O–H groups in total. The van der Waals surface area contributed by atoms with Crippen molar-refractivity contribution in [3.05, 3.63) is 0 Å². The molecule has 1 aliphatic heterocycles. The van der Waals surface area contributed by atoms with Crippen molar-refractivity contribution in [1.82, 2.24) is 9.03 Å². The minimum atomic E-state index is -3.69. The first-order valence-corrected chi connectivity index (χ1v) is 8.86. The summed E-state index contributed by atoms with van der Waals surface area (Å²) in [5.74, 6) is -0.398. The lowest BCUT2D eigenvalue weighted by molar-refractivity contribution is -0.142. The van der Waals surface area contributed by atoms with E-state index in [9.17, 15) is 18.3 Å². The van der Waals surface area contributed by atoms with Crippen LogP contribution >= 0.6 is 0 Å². The molecule has 2 aliphatic rings. The van der Waals surface area contributed by atoms with E-state index >= 15 is 0 Å². The van der Waals surface area contributed by atoms with Gasteiger partial charge in [0.1, 0.15) is 6.04 Å². The predicted molar refractivity (Wildman–Crippen MR) is 75.5 cm³/mol. The Hall–Kier alpha value is -0.660. The number of aliphatic carboxylic acids is 1. The van der Waals surface area contributed by atoms with Crippen LogP contribution in [0.4, 0.5) is 0 Å². The van der Waals surface area contributed by atoms with Crippen molar-refractivity contribution < 1.29 is 18.3 Å². The fourth-order valence-electron chi connectivity index (χ4n) is 3.10. The molecule has 6 nitrogen and oxygen atoms in total. The molecule has 0 aromatic rings. The van der Waals surface area contributed by atoms with Gasteiger partial charge in [-0.05, 0) is 50.9 Å². The molecule has 0 aromatic carbocycles. The van der Waals surface area contributed by atoms with E-state index in [0.717, 1.165) is 42.8 Å². The number of nitrogens with one attached hydrogen (secondary N) is 1. The Morgan fingerprint density at radius 2 is 1.80 bits per heavy atom. The fraction of sp³-hybridized carbons (Fsp3) is 0.923. The van der Waals surface area contributed by atoms with Gasteiger partial charge in [-0.2, -0.15) is 17.4 Å². The molecule has 1 atom stereocenters. The number of hydrogen-bond acceptors (Lipinski definition) is 3. The average Bonchev–Trinajstić information content (AvgIpc) is 2.41. The van der Waals surface area contributed by atoms with Gasteiger partial charge in [-0.1, -0.05) is 6.92 Å². The highest BCUT2D eigenvalue weighted by atomic mass is 32.2. The Labute approximate surface area is 120 Å². The molecule has 1 unspecified atom stereocenters. The van der Waals surface area contributed by atoms with Gasteiger partial charge in [-0.15, -0.1) is 0 Å². The SMILES string of the molecule is CC1CCC(NS(=O)(=O)N2CCCCC2C(=O)O)CC1. The van der Waals surface area contributed by atoms with Crippen molar-refractivity contribution >= 4 is 16.2 Å². The molecule has 20 heavy (non-hydrogen) atoms. The number of nitrogens with zero attached hydrogens (tertiary/aromatic N) is 1. The quantitative estimate of drug-likeness (QED) is 0.820. The van der Waals surface area contributed by atoms with Crippen LogP contribution in [0.3, 0.4) is 0 Å². The van der Waals surface area contributed by atoms with Gasteiger partial charge in [0.2, 0.25) is 0 Å². The zero-order valence-corrected chi connectivity index (χ0v) is 12.7. The van der Waals surface area contributed by atoms with Crippen LogP contribution in [0.25, 0.3) is 0 Å². The minimum Gasteiger partial charge on any atom is -0.480 e. The lowest BCUT2D eigenvalue weighted by Crippen LogP contribution is -2.54. The third kappa shape index (κ3) is 3.71. The molecule has 0 aromatic heterocycles. The van der Waals surface area contributed by atoms with Gasteiger partial charge in [0.15, 0.2) is 0 Å². The van der Waals surface area contributed by atoms with Crippen LogP contribution in [0.1, 0.15) is 51.9 Å². The van der Waals surface area contributed by atoms with Gasteiger partial charge >= 0.3 is 5.97 Å². The number of carboxylic acid groups (broad SMARTS) is 1. The van der Waals surface area contributed by atoms with Crippen LogP contribution in [0.5, 0.6) is 0 Å². The van der Waals surface area contributed by atoms with Gasteiger partial charge in [0, 0.05) is 12.6 Å². The van der Waals surface area contributed by atoms with Crippen molar-refractivity contribution in [1.29, 1.82) is 0 Å². The first-order chi connectivity index (χ1) is 9.40. The average molecular weight is 304 g/mol. The smallest absolute Gasteiger partial charge is 0.322 e. The Morgan fingerprint density at radius 1 is 1.15 bits per heavy atom. The summed E-state index contributed by atoms with van der Waals surface area (Å²) in [6, 6.07) is -0.962.